The smallest absolute Gasteiger partial charge is 0.340 e. The molecule has 0 saturated heterocycles. The van der Waals surface area contributed by atoms with E-state index in [1.807, 2.05) is 0 Å². The van der Waals surface area contributed by atoms with Gasteiger partial charge in [0.15, 0.2) is 6.61 Å². The first kappa shape index (κ1) is 24.3. The van der Waals surface area contributed by atoms with Crippen molar-refractivity contribution < 1.29 is 24.0 Å². The molecular weight excluding hydrogens is 438 g/mol. The normalized spacial score (nSPS) is 10.0. The van der Waals surface area contributed by atoms with E-state index in [0.717, 1.165) is 12.1 Å². The van der Waals surface area contributed by atoms with Gasteiger partial charge in [-0.3, -0.25) is 19.7 Å². The van der Waals surface area contributed by atoms with E-state index < -0.39 is 29.3 Å². The van der Waals surface area contributed by atoms with Gasteiger partial charge >= 0.3 is 5.97 Å². The third-order valence-corrected chi connectivity index (χ3v) is 4.49. The number of nitro benzene ring substituents is 1. The van der Waals surface area contributed by atoms with Crippen molar-refractivity contribution in [2.24, 2.45) is 0 Å². The molecule has 2 aromatic rings. The summed E-state index contributed by atoms with van der Waals surface area (Å²) < 4.78 is 5.11. The standard InChI is InChI=1S/C22H20ClN3O6/c1-3-11-25(12-4-2)20(27)14-32-22(29)17-7-5-6-8-19(17)24-21(28)16-10-9-15(26(30)31)13-18(16)23/h3-10,13H,1-2,11-12,14H2,(H,24,28). The summed E-state index contributed by atoms with van der Waals surface area (Å²) in [7, 11) is 0. The Bertz CT molecular complexity index is 1060. The van der Waals surface area contributed by atoms with Crippen molar-refractivity contribution in [3.8, 4) is 0 Å². The Morgan fingerprint density at radius 1 is 1.09 bits per heavy atom. The molecule has 0 unspecified atom stereocenters. The van der Waals surface area contributed by atoms with Gasteiger partial charge < -0.3 is 15.0 Å². The van der Waals surface area contributed by atoms with Crippen molar-refractivity contribution in [1.82, 2.24) is 4.90 Å². The van der Waals surface area contributed by atoms with E-state index in [0.29, 0.717) is 0 Å². The Morgan fingerprint density at radius 2 is 1.75 bits per heavy atom. The molecule has 0 radical (unpaired) electrons. The van der Waals surface area contributed by atoms with Gasteiger partial charge in [0.05, 0.1) is 26.8 Å². The van der Waals surface area contributed by atoms with Gasteiger partial charge in [-0.1, -0.05) is 35.9 Å². The molecule has 10 heteroatoms. The number of nitrogens with one attached hydrogen (secondary N) is 1. The van der Waals surface area contributed by atoms with Crippen LogP contribution >= 0.6 is 11.6 Å². The van der Waals surface area contributed by atoms with Crippen molar-refractivity contribution in [2.45, 2.75) is 0 Å². The molecule has 0 spiro atoms. The molecule has 0 fully saturated rings. The van der Waals surface area contributed by atoms with Gasteiger partial charge in [-0.05, 0) is 18.2 Å². The summed E-state index contributed by atoms with van der Waals surface area (Å²) in [5.74, 6) is -1.93. The van der Waals surface area contributed by atoms with Gasteiger partial charge in [-0.2, -0.15) is 0 Å². The maximum atomic E-state index is 12.6. The molecule has 0 bridgehead atoms. The second kappa shape index (κ2) is 11.4. The predicted molar refractivity (Wildman–Crippen MR) is 120 cm³/mol. The summed E-state index contributed by atoms with van der Waals surface area (Å²) in [6, 6.07) is 9.45. The molecule has 0 aliphatic heterocycles. The lowest BCUT2D eigenvalue weighted by Gasteiger charge is -2.19. The fourth-order valence-electron chi connectivity index (χ4n) is 2.65. The van der Waals surface area contributed by atoms with Crippen molar-refractivity contribution in [1.29, 1.82) is 0 Å². The van der Waals surface area contributed by atoms with Crippen LogP contribution in [0.4, 0.5) is 11.4 Å². The highest BCUT2D eigenvalue weighted by atomic mass is 35.5. The lowest BCUT2D eigenvalue weighted by atomic mass is 10.1. The number of carbonyl (C=O) groups excluding carboxylic acids is 3. The van der Waals surface area contributed by atoms with Gasteiger partial charge in [-0.25, -0.2) is 4.79 Å². The zero-order chi connectivity index (χ0) is 23.7. The van der Waals surface area contributed by atoms with Crippen LogP contribution in [0.5, 0.6) is 0 Å². The highest BCUT2D eigenvalue weighted by Gasteiger charge is 2.20. The Labute approximate surface area is 189 Å². The molecular formula is C22H20ClN3O6. The minimum Gasteiger partial charge on any atom is -0.452 e. The third-order valence-electron chi connectivity index (χ3n) is 4.18. The number of benzene rings is 2. The van der Waals surface area contributed by atoms with Gasteiger partial charge in [0.1, 0.15) is 0 Å². The van der Waals surface area contributed by atoms with Gasteiger partial charge in [-0.15, -0.1) is 13.2 Å². The van der Waals surface area contributed by atoms with E-state index in [4.69, 9.17) is 16.3 Å². The molecule has 0 aliphatic rings. The molecule has 0 heterocycles. The van der Waals surface area contributed by atoms with E-state index in [1.165, 1.54) is 35.3 Å². The number of hydrogen-bond donors (Lipinski definition) is 1. The second-order valence-corrected chi connectivity index (χ2v) is 6.78. The molecule has 32 heavy (non-hydrogen) atoms. The molecule has 0 atom stereocenters. The van der Waals surface area contributed by atoms with E-state index in [2.05, 4.69) is 18.5 Å². The Kier molecular flexibility index (Phi) is 8.67. The maximum Gasteiger partial charge on any atom is 0.340 e. The number of para-hydroxylation sites is 1. The van der Waals surface area contributed by atoms with Gasteiger partial charge in [0, 0.05) is 25.2 Å². The topological polar surface area (TPSA) is 119 Å². The average molecular weight is 458 g/mol. The third kappa shape index (κ3) is 6.26. The van der Waals surface area contributed by atoms with Gasteiger partial charge in [0.2, 0.25) is 0 Å². The van der Waals surface area contributed by atoms with Crippen LogP contribution < -0.4 is 5.32 Å². The number of esters is 1. The fraction of sp³-hybridized carbons (Fsp3) is 0.136. The SMILES string of the molecule is C=CCN(CC=C)C(=O)COC(=O)c1ccccc1NC(=O)c1ccc([N+](=O)[O-])cc1Cl. The molecule has 2 aromatic carbocycles. The lowest BCUT2D eigenvalue weighted by Crippen LogP contribution is -2.35. The summed E-state index contributed by atoms with van der Waals surface area (Å²) in [6.07, 6.45) is 3.08. The quantitative estimate of drug-likeness (QED) is 0.250. The number of carbonyl (C=O) groups is 3. The number of halogens is 1. The van der Waals surface area contributed by atoms with Crippen LogP contribution in [-0.4, -0.2) is 47.3 Å². The number of anilines is 1. The molecule has 0 aromatic heterocycles. The Hall–Kier alpha value is -3.98. The van der Waals surface area contributed by atoms with Crippen LogP contribution in [0.3, 0.4) is 0 Å². The number of hydrogen-bond acceptors (Lipinski definition) is 6. The van der Waals surface area contributed by atoms with E-state index in [9.17, 15) is 24.5 Å². The van der Waals surface area contributed by atoms with Crippen molar-refractivity contribution in [3.63, 3.8) is 0 Å². The average Bonchev–Trinajstić information content (AvgIpc) is 2.77. The predicted octanol–water partition coefficient (Wildman–Crippen LogP) is 3.86. The monoisotopic (exact) mass is 457 g/mol. The summed E-state index contributed by atoms with van der Waals surface area (Å²) >= 11 is 5.99. The molecule has 0 aliphatic carbocycles. The van der Waals surface area contributed by atoms with E-state index in [-0.39, 0.29) is 40.6 Å². The van der Waals surface area contributed by atoms with Crippen molar-refractivity contribution in [2.75, 3.05) is 25.0 Å². The highest BCUT2D eigenvalue weighted by Crippen LogP contribution is 2.24. The number of nitro groups is 1. The van der Waals surface area contributed by atoms with Crippen LogP contribution in [0.25, 0.3) is 0 Å². The molecule has 9 nitrogen and oxygen atoms in total. The summed E-state index contributed by atoms with van der Waals surface area (Å²) in [4.78, 5) is 49.0. The zero-order valence-electron chi connectivity index (χ0n) is 17.0. The van der Waals surface area contributed by atoms with Crippen LogP contribution in [0.15, 0.2) is 67.8 Å². The number of rotatable bonds is 10. The van der Waals surface area contributed by atoms with Crippen LogP contribution in [0, 0.1) is 10.1 Å². The maximum absolute atomic E-state index is 12.6. The number of ether oxygens (including phenoxy) is 1. The Morgan fingerprint density at radius 3 is 2.34 bits per heavy atom. The van der Waals surface area contributed by atoms with Crippen LogP contribution in [-0.2, 0) is 9.53 Å². The summed E-state index contributed by atoms with van der Waals surface area (Å²) in [5, 5.41) is 13.2. The summed E-state index contributed by atoms with van der Waals surface area (Å²) in [5.41, 5.74) is -0.133. The molecule has 166 valence electrons. The molecule has 2 rings (SSSR count). The number of nitrogens with zero attached hydrogens (tertiary/aromatic N) is 2. The molecule has 1 N–H and O–H groups in total. The number of amides is 2. The lowest BCUT2D eigenvalue weighted by molar-refractivity contribution is -0.384. The molecule has 0 saturated carbocycles. The largest absolute Gasteiger partial charge is 0.452 e. The van der Waals surface area contributed by atoms with E-state index in [1.54, 1.807) is 12.1 Å². The first-order valence-corrected chi connectivity index (χ1v) is 9.67. The zero-order valence-corrected chi connectivity index (χ0v) is 17.7. The van der Waals surface area contributed by atoms with Crippen LogP contribution in [0.1, 0.15) is 20.7 Å². The first-order chi connectivity index (χ1) is 15.3. The number of non-ortho nitro benzene ring substituents is 1. The highest BCUT2D eigenvalue weighted by molar-refractivity contribution is 6.34. The Balaban J connectivity index is 2.13. The second-order valence-electron chi connectivity index (χ2n) is 6.37. The fourth-order valence-corrected chi connectivity index (χ4v) is 2.91. The molecule has 2 amide bonds. The van der Waals surface area contributed by atoms with Gasteiger partial charge in [0.25, 0.3) is 17.5 Å². The van der Waals surface area contributed by atoms with Crippen molar-refractivity contribution in [3.05, 3.63) is 94.0 Å². The van der Waals surface area contributed by atoms with E-state index >= 15 is 0 Å². The summed E-state index contributed by atoms with van der Waals surface area (Å²) in [6.45, 7) is 7.18. The minimum absolute atomic E-state index is 0.0138. The minimum atomic E-state index is -0.818. The van der Waals surface area contributed by atoms with Crippen LogP contribution in [0.2, 0.25) is 5.02 Å². The first-order valence-electron chi connectivity index (χ1n) is 9.29. The van der Waals surface area contributed by atoms with Crippen molar-refractivity contribution >= 4 is 40.8 Å².